The standard InChI is InChI=1S/C41H38N2O4/c1-2-6-31-20-26(11-16-37(31)47-25-32-9-5-8-30-7-3-4-10-35(30)32)21-36-38(44)42-40(46)43(39(36)45)34-14-12-33(13-15-34)41-22-27-17-28(23-41)19-29(18-27)24-41/h2-5,7-16,20-21,27-29H,1,6,17-19,22-25H2,(H,42,44,46)/b36-21+. The maximum atomic E-state index is 13.7. The van der Waals surface area contributed by atoms with Crippen LogP contribution in [0.1, 0.15) is 60.8 Å². The molecule has 4 aromatic carbocycles. The van der Waals surface area contributed by atoms with Gasteiger partial charge in [-0.15, -0.1) is 6.58 Å². The number of anilines is 1. The molecule has 4 aromatic rings. The molecule has 4 bridgehead atoms. The van der Waals surface area contributed by atoms with Gasteiger partial charge in [-0.3, -0.25) is 14.9 Å². The summed E-state index contributed by atoms with van der Waals surface area (Å²) < 4.78 is 6.28. The van der Waals surface area contributed by atoms with Crippen molar-refractivity contribution in [3.05, 3.63) is 125 Å². The van der Waals surface area contributed by atoms with Crippen LogP contribution < -0.4 is 15.0 Å². The van der Waals surface area contributed by atoms with E-state index in [4.69, 9.17) is 4.74 Å². The molecule has 9 rings (SSSR count). The van der Waals surface area contributed by atoms with Crippen LogP contribution >= 0.6 is 0 Å². The van der Waals surface area contributed by atoms with Crippen molar-refractivity contribution in [3.8, 4) is 5.75 Å². The van der Waals surface area contributed by atoms with Gasteiger partial charge in [-0.1, -0.05) is 66.7 Å². The van der Waals surface area contributed by atoms with E-state index in [0.29, 0.717) is 30.0 Å². The van der Waals surface area contributed by atoms with Gasteiger partial charge in [0, 0.05) is 0 Å². The van der Waals surface area contributed by atoms with E-state index in [1.54, 1.807) is 12.2 Å². The highest BCUT2D eigenvalue weighted by molar-refractivity contribution is 6.39. The molecule has 0 spiro atoms. The molecular formula is C41H38N2O4. The summed E-state index contributed by atoms with van der Waals surface area (Å²) in [7, 11) is 0. The van der Waals surface area contributed by atoms with Crippen molar-refractivity contribution in [2.75, 3.05) is 4.90 Å². The number of allylic oxidation sites excluding steroid dienone is 1. The van der Waals surface area contributed by atoms with E-state index < -0.39 is 17.8 Å². The molecule has 6 nitrogen and oxygen atoms in total. The van der Waals surface area contributed by atoms with Crippen LogP contribution in [-0.2, 0) is 28.0 Å². The number of urea groups is 1. The van der Waals surface area contributed by atoms with Gasteiger partial charge in [0.2, 0.25) is 0 Å². The molecule has 5 fully saturated rings. The number of amides is 4. The molecule has 0 aromatic heterocycles. The zero-order valence-electron chi connectivity index (χ0n) is 26.4. The number of imide groups is 2. The first-order valence-electron chi connectivity index (χ1n) is 16.7. The number of benzene rings is 4. The fourth-order valence-electron chi connectivity index (χ4n) is 9.21. The Kier molecular flexibility index (Phi) is 7.31. The number of fused-ring (bicyclic) bond motifs is 1. The van der Waals surface area contributed by atoms with Gasteiger partial charge in [-0.05, 0) is 131 Å². The normalized spacial score (nSPS) is 25.8. The molecule has 5 aliphatic rings. The van der Waals surface area contributed by atoms with E-state index in [9.17, 15) is 14.4 Å². The summed E-state index contributed by atoms with van der Waals surface area (Å²) in [5, 5.41) is 4.67. The Hall–Kier alpha value is -4.97. The highest BCUT2D eigenvalue weighted by Crippen LogP contribution is 2.60. The van der Waals surface area contributed by atoms with Crippen LogP contribution in [0.3, 0.4) is 0 Å². The number of hydrogen-bond donors (Lipinski definition) is 1. The van der Waals surface area contributed by atoms with Crippen molar-refractivity contribution in [1.82, 2.24) is 5.32 Å². The zero-order valence-corrected chi connectivity index (χ0v) is 26.4. The van der Waals surface area contributed by atoms with Crippen LogP contribution in [-0.4, -0.2) is 17.8 Å². The van der Waals surface area contributed by atoms with Gasteiger partial charge in [0.15, 0.2) is 0 Å². The Morgan fingerprint density at radius 1 is 0.830 bits per heavy atom. The summed E-state index contributed by atoms with van der Waals surface area (Å²) in [6.07, 6.45) is 11.7. The van der Waals surface area contributed by atoms with Gasteiger partial charge >= 0.3 is 6.03 Å². The zero-order chi connectivity index (χ0) is 32.1. The lowest BCUT2D eigenvalue weighted by Crippen LogP contribution is -2.54. The quantitative estimate of drug-likeness (QED) is 0.122. The Balaban J connectivity index is 1.03. The van der Waals surface area contributed by atoms with E-state index >= 15 is 0 Å². The third kappa shape index (κ3) is 5.36. The number of ether oxygens (including phenoxy) is 1. The number of carbonyl (C=O) groups is 3. The van der Waals surface area contributed by atoms with Gasteiger partial charge < -0.3 is 4.74 Å². The molecule has 1 heterocycles. The number of barbiturate groups is 1. The number of hydrogen-bond acceptors (Lipinski definition) is 4. The lowest BCUT2D eigenvalue weighted by atomic mass is 9.48. The summed E-state index contributed by atoms with van der Waals surface area (Å²) in [5.74, 6) is 1.84. The first kappa shape index (κ1) is 29.4. The maximum absolute atomic E-state index is 13.7. The Labute approximate surface area is 275 Å². The van der Waals surface area contributed by atoms with Crippen LogP contribution in [0.2, 0.25) is 0 Å². The van der Waals surface area contributed by atoms with Gasteiger partial charge in [0.1, 0.15) is 17.9 Å². The average Bonchev–Trinajstić information content (AvgIpc) is 3.06. The van der Waals surface area contributed by atoms with Gasteiger partial charge in [-0.25, -0.2) is 9.69 Å². The van der Waals surface area contributed by atoms with Gasteiger partial charge in [0.05, 0.1) is 5.69 Å². The van der Waals surface area contributed by atoms with E-state index in [1.807, 2.05) is 48.5 Å². The van der Waals surface area contributed by atoms with E-state index in [-0.39, 0.29) is 11.0 Å². The lowest BCUT2D eigenvalue weighted by molar-refractivity contribution is -0.122. The number of rotatable bonds is 8. The summed E-state index contributed by atoms with van der Waals surface area (Å²) in [6, 6.07) is 27.2. The van der Waals surface area contributed by atoms with Crippen LogP contribution in [0.25, 0.3) is 16.8 Å². The number of carbonyl (C=O) groups excluding carboxylic acids is 3. The summed E-state index contributed by atoms with van der Waals surface area (Å²) in [5.41, 5.74) is 4.52. The lowest BCUT2D eigenvalue weighted by Gasteiger charge is -2.57. The second-order valence-corrected chi connectivity index (χ2v) is 14.0. The van der Waals surface area contributed by atoms with Crippen molar-refractivity contribution in [1.29, 1.82) is 0 Å². The molecule has 4 amide bonds. The molecule has 0 radical (unpaired) electrons. The number of nitrogens with zero attached hydrogens (tertiary/aromatic N) is 1. The average molecular weight is 623 g/mol. The molecule has 0 unspecified atom stereocenters. The summed E-state index contributed by atoms with van der Waals surface area (Å²) in [6.45, 7) is 4.30. The molecule has 1 saturated heterocycles. The molecule has 6 heteroatoms. The van der Waals surface area contributed by atoms with E-state index in [2.05, 4.69) is 48.3 Å². The first-order valence-corrected chi connectivity index (χ1v) is 16.7. The van der Waals surface area contributed by atoms with Crippen LogP contribution in [0, 0.1) is 17.8 Å². The van der Waals surface area contributed by atoms with Crippen LogP contribution in [0.15, 0.2) is 103 Å². The maximum Gasteiger partial charge on any atom is 0.335 e. The Morgan fingerprint density at radius 3 is 2.26 bits per heavy atom. The third-order valence-electron chi connectivity index (χ3n) is 10.9. The molecular weight excluding hydrogens is 584 g/mol. The number of nitrogens with one attached hydrogen (secondary N) is 1. The van der Waals surface area contributed by atoms with Crippen LogP contribution in [0.4, 0.5) is 10.5 Å². The summed E-state index contributed by atoms with van der Waals surface area (Å²) in [4.78, 5) is 40.8. The molecule has 1 aliphatic heterocycles. The Morgan fingerprint density at radius 2 is 1.53 bits per heavy atom. The highest BCUT2D eigenvalue weighted by Gasteiger charge is 2.51. The van der Waals surface area contributed by atoms with E-state index in [0.717, 1.165) is 44.6 Å². The predicted octanol–water partition coefficient (Wildman–Crippen LogP) is 8.28. The fraction of sp³-hybridized carbons (Fsp3) is 0.293. The second kappa shape index (κ2) is 11.7. The van der Waals surface area contributed by atoms with Crippen molar-refractivity contribution in [3.63, 3.8) is 0 Å². The fourth-order valence-corrected chi connectivity index (χ4v) is 9.21. The minimum atomic E-state index is -0.732. The molecule has 4 aliphatic carbocycles. The van der Waals surface area contributed by atoms with Crippen molar-refractivity contribution < 1.29 is 19.1 Å². The second-order valence-electron chi connectivity index (χ2n) is 14.0. The minimum absolute atomic E-state index is 0.0938. The van der Waals surface area contributed by atoms with Gasteiger partial charge in [-0.2, -0.15) is 0 Å². The smallest absolute Gasteiger partial charge is 0.335 e. The summed E-state index contributed by atoms with van der Waals surface area (Å²) >= 11 is 0. The third-order valence-corrected chi connectivity index (χ3v) is 10.9. The topological polar surface area (TPSA) is 75.7 Å². The largest absolute Gasteiger partial charge is 0.489 e. The van der Waals surface area contributed by atoms with Crippen molar-refractivity contribution in [2.45, 2.75) is 57.0 Å². The molecule has 47 heavy (non-hydrogen) atoms. The molecule has 4 saturated carbocycles. The monoisotopic (exact) mass is 622 g/mol. The van der Waals surface area contributed by atoms with Crippen molar-refractivity contribution in [2.24, 2.45) is 17.8 Å². The first-order chi connectivity index (χ1) is 22.9. The molecule has 0 atom stereocenters. The van der Waals surface area contributed by atoms with Crippen molar-refractivity contribution >= 4 is 40.4 Å². The SMILES string of the molecule is C=CCc1cc(/C=C2\C(=O)NC(=O)N(c3ccc(C45CC6CC(CC(C6)C4)C5)cc3)C2=O)ccc1OCc1cccc2ccccc12. The van der Waals surface area contributed by atoms with E-state index in [1.165, 1.54) is 44.1 Å². The van der Waals surface area contributed by atoms with Gasteiger partial charge in [0.25, 0.3) is 11.8 Å². The minimum Gasteiger partial charge on any atom is -0.489 e. The highest BCUT2D eigenvalue weighted by atomic mass is 16.5. The Bertz CT molecular complexity index is 1920. The predicted molar refractivity (Wildman–Crippen MR) is 184 cm³/mol. The molecule has 236 valence electrons. The van der Waals surface area contributed by atoms with Crippen LogP contribution in [0.5, 0.6) is 5.75 Å². The molecule has 1 N–H and O–H groups in total.